The molecule has 4 aromatic rings. The number of hydrogen-bond acceptors (Lipinski definition) is 9. The summed E-state index contributed by atoms with van der Waals surface area (Å²) >= 11 is 0. The van der Waals surface area contributed by atoms with Crippen LogP contribution in [0.4, 0.5) is 22.0 Å². The van der Waals surface area contributed by atoms with Gasteiger partial charge in [-0.15, -0.1) is 0 Å². The molecule has 0 radical (unpaired) electrons. The van der Waals surface area contributed by atoms with Gasteiger partial charge in [-0.05, 0) is 6.92 Å². The van der Waals surface area contributed by atoms with Crippen molar-refractivity contribution >= 4 is 28.7 Å². The van der Waals surface area contributed by atoms with E-state index in [2.05, 4.69) is 40.2 Å². The lowest BCUT2D eigenvalue weighted by Gasteiger charge is -2.11. The van der Waals surface area contributed by atoms with E-state index in [0.29, 0.717) is 34.3 Å². The van der Waals surface area contributed by atoms with Crippen LogP contribution in [0.3, 0.4) is 0 Å². The number of anilines is 3. The normalized spacial score (nSPS) is 12.3. The maximum Gasteiger partial charge on any atom is 0.224 e. The van der Waals surface area contributed by atoms with Gasteiger partial charge in [0.15, 0.2) is 22.8 Å². The zero-order chi connectivity index (χ0) is 19.0. The summed E-state index contributed by atoms with van der Waals surface area (Å²) in [6.45, 7) is 1.85. The van der Waals surface area contributed by atoms with Gasteiger partial charge in [0, 0.05) is 13.2 Å². The quantitative estimate of drug-likeness (QED) is 0.552. The van der Waals surface area contributed by atoms with Crippen LogP contribution in [0.25, 0.3) is 11.2 Å². The number of fused-ring (bicyclic) bond motifs is 1. The van der Waals surface area contributed by atoms with Gasteiger partial charge in [-0.3, -0.25) is 0 Å². The van der Waals surface area contributed by atoms with Crippen LogP contribution in [0.5, 0.6) is 0 Å². The van der Waals surface area contributed by atoms with Gasteiger partial charge in [0.25, 0.3) is 0 Å². The second kappa shape index (κ2) is 6.52. The van der Waals surface area contributed by atoms with Crippen LogP contribution in [0.2, 0.25) is 0 Å². The van der Waals surface area contributed by atoms with E-state index in [4.69, 9.17) is 5.73 Å². The molecule has 4 aromatic heterocycles. The highest BCUT2D eigenvalue weighted by atomic mass is 19.1. The minimum Gasteiger partial charge on any atom is -0.368 e. The molecule has 0 amide bonds. The summed E-state index contributed by atoms with van der Waals surface area (Å²) in [5.41, 5.74) is 7.14. The number of nitrogens with two attached hydrogens (primary N) is 1. The molecular formula is C16H15FN10. The standard InChI is InChI=1S/C16H15FN10/c1-8(13-19-3-9(17)4-20-13)10-5-21-14-12(23-10)15(26-16(18)25-14)24-11-6-27(2)7-22-11/h3-8H,1-2H3,(H3,18,21,24,25,26). The second-order valence-electron chi connectivity index (χ2n) is 5.93. The van der Waals surface area contributed by atoms with Crippen LogP contribution in [-0.4, -0.2) is 39.5 Å². The van der Waals surface area contributed by atoms with Gasteiger partial charge < -0.3 is 15.6 Å². The Morgan fingerprint density at radius 1 is 1.07 bits per heavy atom. The molecule has 27 heavy (non-hydrogen) atoms. The number of hydrogen-bond donors (Lipinski definition) is 2. The summed E-state index contributed by atoms with van der Waals surface area (Å²) < 4.78 is 14.9. The van der Waals surface area contributed by atoms with Crippen LogP contribution in [0.1, 0.15) is 24.4 Å². The predicted octanol–water partition coefficient (Wildman–Crippen LogP) is 1.56. The molecule has 136 valence electrons. The third kappa shape index (κ3) is 3.34. The van der Waals surface area contributed by atoms with Gasteiger partial charge >= 0.3 is 0 Å². The van der Waals surface area contributed by atoms with Crippen molar-refractivity contribution in [1.82, 2.24) is 39.5 Å². The van der Waals surface area contributed by atoms with Crippen molar-refractivity contribution in [3.8, 4) is 0 Å². The number of nitrogens with zero attached hydrogens (tertiary/aromatic N) is 8. The topological polar surface area (TPSA) is 133 Å². The van der Waals surface area contributed by atoms with Crippen molar-refractivity contribution < 1.29 is 4.39 Å². The van der Waals surface area contributed by atoms with Crippen LogP contribution in [-0.2, 0) is 7.05 Å². The fourth-order valence-corrected chi connectivity index (χ4v) is 2.51. The van der Waals surface area contributed by atoms with Crippen molar-refractivity contribution in [2.45, 2.75) is 12.8 Å². The van der Waals surface area contributed by atoms with E-state index in [9.17, 15) is 4.39 Å². The van der Waals surface area contributed by atoms with Crippen molar-refractivity contribution in [2.75, 3.05) is 11.1 Å². The summed E-state index contributed by atoms with van der Waals surface area (Å²) in [5, 5.41) is 3.08. The Hall–Kier alpha value is -3.76. The second-order valence-corrected chi connectivity index (χ2v) is 5.93. The van der Waals surface area contributed by atoms with Gasteiger partial charge in [0.1, 0.15) is 11.6 Å². The number of nitrogen functional groups attached to an aromatic ring is 1. The number of nitrogens with one attached hydrogen (secondary N) is 1. The first kappa shape index (κ1) is 16.7. The van der Waals surface area contributed by atoms with Gasteiger partial charge in [0.2, 0.25) is 5.95 Å². The summed E-state index contributed by atoms with van der Waals surface area (Å²) in [4.78, 5) is 29.5. The molecule has 0 fully saturated rings. The molecule has 3 N–H and O–H groups in total. The lowest BCUT2D eigenvalue weighted by molar-refractivity contribution is 0.605. The van der Waals surface area contributed by atoms with Crippen LogP contribution >= 0.6 is 0 Å². The maximum atomic E-state index is 13.1. The molecule has 1 atom stereocenters. The Morgan fingerprint density at radius 3 is 2.56 bits per heavy atom. The molecule has 0 aliphatic rings. The van der Waals surface area contributed by atoms with E-state index in [1.54, 1.807) is 23.3 Å². The number of aromatic nitrogens is 8. The number of aryl methyl sites for hydroxylation is 1. The molecule has 10 nitrogen and oxygen atoms in total. The molecule has 0 spiro atoms. The van der Waals surface area contributed by atoms with Crippen LogP contribution < -0.4 is 11.1 Å². The molecule has 11 heteroatoms. The first-order chi connectivity index (χ1) is 13.0. The lowest BCUT2D eigenvalue weighted by atomic mass is 10.1. The molecule has 1 unspecified atom stereocenters. The van der Waals surface area contributed by atoms with E-state index in [-0.39, 0.29) is 11.9 Å². The van der Waals surface area contributed by atoms with E-state index in [0.717, 1.165) is 12.4 Å². The minimum atomic E-state index is -0.499. The van der Waals surface area contributed by atoms with E-state index in [1.165, 1.54) is 0 Å². The summed E-state index contributed by atoms with van der Waals surface area (Å²) in [6, 6.07) is 0. The fourth-order valence-electron chi connectivity index (χ4n) is 2.51. The highest BCUT2D eigenvalue weighted by Crippen LogP contribution is 2.25. The summed E-state index contributed by atoms with van der Waals surface area (Å²) in [6.07, 6.45) is 7.24. The monoisotopic (exact) mass is 366 g/mol. The van der Waals surface area contributed by atoms with Crippen molar-refractivity contribution in [2.24, 2.45) is 7.05 Å². The van der Waals surface area contributed by atoms with E-state index in [1.807, 2.05) is 14.0 Å². The first-order valence-corrected chi connectivity index (χ1v) is 8.02. The molecule has 0 aliphatic carbocycles. The largest absolute Gasteiger partial charge is 0.368 e. The molecule has 4 heterocycles. The Morgan fingerprint density at radius 2 is 1.85 bits per heavy atom. The minimum absolute atomic E-state index is 0.0675. The van der Waals surface area contributed by atoms with E-state index < -0.39 is 5.82 Å². The van der Waals surface area contributed by atoms with Gasteiger partial charge in [-0.1, -0.05) is 0 Å². The molecule has 0 aromatic carbocycles. The predicted molar refractivity (Wildman–Crippen MR) is 95.5 cm³/mol. The lowest BCUT2D eigenvalue weighted by Crippen LogP contribution is -2.08. The third-order valence-corrected chi connectivity index (χ3v) is 3.87. The highest BCUT2D eigenvalue weighted by Gasteiger charge is 2.17. The zero-order valence-electron chi connectivity index (χ0n) is 14.5. The van der Waals surface area contributed by atoms with Gasteiger partial charge in [-0.2, -0.15) is 9.97 Å². The third-order valence-electron chi connectivity index (χ3n) is 3.87. The average Bonchev–Trinajstić information content (AvgIpc) is 3.06. The highest BCUT2D eigenvalue weighted by molar-refractivity contribution is 5.85. The van der Waals surface area contributed by atoms with Crippen molar-refractivity contribution in [1.29, 1.82) is 0 Å². The Balaban J connectivity index is 1.77. The number of rotatable bonds is 4. The van der Waals surface area contributed by atoms with Crippen LogP contribution in [0, 0.1) is 5.82 Å². The average molecular weight is 366 g/mol. The molecule has 0 bridgehead atoms. The van der Waals surface area contributed by atoms with Gasteiger partial charge in [0.05, 0.1) is 36.5 Å². The Labute approximate surface area is 152 Å². The first-order valence-electron chi connectivity index (χ1n) is 8.02. The smallest absolute Gasteiger partial charge is 0.224 e. The molecule has 4 rings (SSSR count). The summed E-state index contributed by atoms with van der Waals surface area (Å²) in [7, 11) is 1.85. The molecule has 0 aliphatic heterocycles. The number of halogens is 1. The maximum absolute atomic E-state index is 13.1. The Bertz CT molecular complexity index is 1110. The molecule has 0 saturated heterocycles. The van der Waals surface area contributed by atoms with Crippen molar-refractivity contribution in [3.05, 3.63) is 48.5 Å². The van der Waals surface area contributed by atoms with Crippen molar-refractivity contribution in [3.63, 3.8) is 0 Å². The molecule has 0 saturated carbocycles. The Kier molecular flexibility index (Phi) is 4.03. The molecular weight excluding hydrogens is 351 g/mol. The summed E-state index contributed by atoms with van der Waals surface area (Å²) in [5.74, 6) is 0.666. The SMILES string of the molecule is CC(c1cnc2nc(N)nc(Nc3cn(C)cn3)c2n1)c1ncc(F)cn1. The van der Waals surface area contributed by atoms with E-state index >= 15 is 0 Å². The van der Waals surface area contributed by atoms with Gasteiger partial charge in [-0.25, -0.2) is 29.3 Å². The van der Waals surface area contributed by atoms with Crippen LogP contribution in [0.15, 0.2) is 31.1 Å². The fraction of sp³-hybridized carbons (Fsp3) is 0.188. The number of imidazole rings is 1. The zero-order valence-corrected chi connectivity index (χ0v) is 14.5.